The summed E-state index contributed by atoms with van der Waals surface area (Å²) in [6.45, 7) is 5.56. The van der Waals surface area contributed by atoms with Crippen molar-refractivity contribution in [2.24, 2.45) is 5.10 Å². The number of hydrogen-bond donors (Lipinski definition) is 0. The minimum absolute atomic E-state index is 0.0511. The van der Waals surface area contributed by atoms with Gasteiger partial charge < -0.3 is 4.74 Å². The average Bonchev–Trinajstić information content (AvgIpc) is 2.73. The molecule has 0 N–H and O–H groups in total. The number of ether oxygens (including phenoxy) is 1. The summed E-state index contributed by atoms with van der Waals surface area (Å²) in [5.41, 5.74) is 0.270. The lowest BCUT2D eigenvalue weighted by atomic mass is 10.2. The van der Waals surface area contributed by atoms with Crippen LogP contribution in [0.25, 0.3) is 10.9 Å². The summed E-state index contributed by atoms with van der Waals surface area (Å²) < 4.78 is 7.27. The van der Waals surface area contributed by atoms with Gasteiger partial charge in [-0.3, -0.25) is 14.9 Å². The van der Waals surface area contributed by atoms with E-state index in [-0.39, 0.29) is 28.6 Å². The largest absolute Gasteiger partial charge is 0.482 e. The number of aryl methyl sites for hydroxylation is 1. The Labute approximate surface area is 191 Å². The molecular formula is C21H18BrClN4O4. The minimum atomic E-state index is -0.592. The van der Waals surface area contributed by atoms with Gasteiger partial charge in [0.05, 0.1) is 27.1 Å². The normalized spacial score (nSPS) is 11.2. The van der Waals surface area contributed by atoms with E-state index in [1.807, 2.05) is 13.0 Å². The Morgan fingerprint density at radius 1 is 1.39 bits per heavy atom. The van der Waals surface area contributed by atoms with E-state index < -0.39 is 4.92 Å². The first kappa shape index (κ1) is 22.6. The van der Waals surface area contributed by atoms with Crippen molar-refractivity contribution in [3.63, 3.8) is 0 Å². The average molecular weight is 506 g/mol. The Bertz CT molecular complexity index is 1260. The van der Waals surface area contributed by atoms with Crippen LogP contribution in [0.15, 0.2) is 57.4 Å². The Kier molecular flexibility index (Phi) is 7.19. The van der Waals surface area contributed by atoms with Crippen LogP contribution in [-0.2, 0) is 6.42 Å². The molecule has 0 bridgehead atoms. The lowest BCUT2D eigenvalue weighted by Gasteiger charge is -2.09. The molecule has 0 amide bonds. The van der Waals surface area contributed by atoms with Gasteiger partial charge in [0, 0.05) is 22.5 Å². The quantitative estimate of drug-likeness (QED) is 0.183. The Balaban J connectivity index is 2.11. The molecule has 2 aromatic carbocycles. The highest BCUT2D eigenvalue weighted by Crippen LogP contribution is 2.35. The fourth-order valence-corrected chi connectivity index (χ4v) is 3.56. The molecule has 0 saturated carbocycles. The number of nitrogens with zero attached hydrogens (tertiary/aromatic N) is 4. The fraction of sp³-hybridized carbons (Fsp3) is 0.190. The molecule has 0 aliphatic heterocycles. The fourth-order valence-electron chi connectivity index (χ4n) is 2.92. The monoisotopic (exact) mass is 504 g/mol. The summed E-state index contributed by atoms with van der Waals surface area (Å²) in [4.78, 5) is 28.5. The summed E-state index contributed by atoms with van der Waals surface area (Å²) in [6.07, 6.45) is 4.09. The second kappa shape index (κ2) is 9.84. The van der Waals surface area contributed by atoms with Crippen molar-refractivity contribution < 1.29 is 9.66 Å². The molecule has 3 rings (SSSR count). The topological polar surface area (TPSA) is 99.6 Å². The van der Waals surface area contributed by atoms with Crippen LogP contribution in [-0.4, -0.2) is 27.4 Å². The van der Waals surface area contributed by atoms with E-state index in [2.05, 4.69) is 32.6 Å². The second-order valence-corrected chi connectivity index (χ2v) is 7.83. The van der Waals surface area contributed by atoms with E-state index in [0.717, 1.165) is 10.9 Å². The van der Waals surface area contributed by atoms with Crippen molar-refractivity contribution in [1.82, 2.24) is 9.66 Å². The zero-order valence-electron chi connectivity index (χ0n) is 16.5. The SMILES string of the molecule is C=CCOc1c(Cl)cc(C=Nn2c(CCC)nc3ccc(Br)cc3c2=O)cc1[N+](=O)[O-]. The van der Waals surface area contributed by atoms with Crippen LogP contribution >= 0.6 is 27.5 Å². The van der Waals surface area contributed by atoms with E-state index in [1.54, 1.807) is 12.1 Å². The predicted octanol–water partition coefficient (Wildman–Crippen LogP) is 5.12. The van der Waals surface area contributed by atoms with Crippen molar-refractivity contribution in [3.05, 3.63) is 84.3 Å². The van der Waals surface area contributed by atoms with Gasteiger partial charge in [-0.2, -0.15) is 9.78 Å². The third kappa shape index (κ3) is 5.00. The van der Waals surface area contributed by atoms with Gasteiger partial charge >= 0.3 is 5.69 Å². The van der Waals surface area contributed by atoms with Crippen LogP contribution in [0.1, 0.15) is 24.7 Å². The number of rotatable bonds is 8. The van der Waals surface area contributed by atoms with Crippen LogP contribution in [0.5, 0.6) is 5.75 Å². The summed E-state index contributed by atoms with van der Waals surface area (Å²) in [7, 11) is 0. The van der Waals surface area contributed by atoms with Gasteiger partial charge in [0.2, 0.25) is 5.75 Å². The molecule has 0 unspecified atom stereocenters. The number of halogens is 2. The number of nitro benzene ring substituents is 1. The molecule has 1 aromatic heterocycles. The Morgan fingerprint density at radius 2 is 2.16 bits per heavy atom. The van der Waals surface area contributed by atoms with Crippen LogP contribution in [0, 0.1) is 10.1 Å². The number of benzene rings is 2. The van der Waals surface area contributed by atoms with Crippen LogP contribution in [0.2, 0.25) is 5.02 Å². The third-order valence-electron chi connectivity index (χ3n) is 4.26. The maximum atomic E-state index is 13.0. The molecule has 0 radical (unpaired) electrons. The van der Waals surface area contributed by atoms with Crippen molar-refractivity contribution >= 4 is 50.3 Å². The molecule has 0 aliphatic rings. The maximum Gasteiger partial charge on any atom is 0.313 e. The van der Waals surface area contributed by atoms with Gasteiger partial charge in [-0.15, -0.1) is 0 Å². The van der Waals surface area contributed by atoms with Crippen LogP contribution in [0.4, 0.5) is 5.69 Å². The Hall–Kier alpha value is -3.04. The highest BCUT2D eigenvalue weighted by Gasteiger charge is 2.20. The van der Waals surface area contributed by atoms with Gasteiger partial charge in [-0.05, 0) is 30.7 Å². The number of fused-ring (bicyclic) bond motifs is 1. The molecule has 3 aromatic rings. The smallest absolute Gasteiger partial charge is 0.313 e. The van der Waals surface area contributed by atoms with E-state index in [9.17, 15) is 14.9 Å². The second-order valence-electron chi connectivity index (χ2n) is 6.51. The summed E-state index contributed by atoms with van der Waals surface area (Å²) in [6, 6.07) is 8.02. The molecule has 31 heavy (non-hydrogen) atoms. The molecule has 8 nitrogen and oxygen atoms in total. The predicted molar refractivity (Wildman–Crippen MR) is 124 cm³/mol. The first-order chi connectivity index (χ1) is 14.8. The van der Waals surface area contributed by atoms with E-state index >= 15 is 0 Å². The molecule has 10 heteroatoms. The first-order valence-corrected chi connectivity index (χ1v) is 10.5. The standard InChI is InChI=1S/C21H18BrClN4O4/c1-3-5-19-25-17-7-6-14(22)11-15(17)21(28)26(19)24-12-13-9-16(23)20(31-8-4-2)18(10-13)27(29)30/h4,6-7,9-12H,2-3,5,8H2,1H3. The highest BCUT2D eigenvalue weighted by molar-refractivity contribution is 9.10. The number of hydrogen-bond acceptors (Lipinski definition) is 6. The number of nitro groups is 1. The molecular weight excluding hydrogens is 488 g/mol. The molecule has 160 valence electrons. The summed E-state index contributed by atoms with van der Waals surface area (Å²) >= 11 is 9.55. The first-order valence-electron chi connectivity index (χ1n) is 9.32. The Morgan fingerprint density at radius 3 is 2.84 bits per heavy atom. The van der Waals surface area contributed by atoms with Gasteiger partial charge in [0.15, 0.2) is 0 Å². The molecule has 0 aliphatic carbocycles. The zero-order chi connectivity index (χ0) is 22.5. The van der Waals surface area contributed by atoms with Crippen molar-refractivity contribution in [3.8, 4) is 5.75 Å². The van der Waals surface area contributed by atoms with Gasteiger partial charge in [0.1, 0.15) is 12.4 Å². The summed E-state index contributed by atoms with van der Waals surface area (Å²) in [5.74, 6) is 0.440. The van der Waals surface area contributed by atoms with Crippen molar-refractivity contribution in [2.45, 2.75) is 19.8 Å². The van der Waals surface area contributed by atoms with Crippen LogP contribution < -0.4 is 10.3 Å². The lowest BCUT2D eigenvalue weighted by Crippen LogP contribution is -2.22. The summed E-state index contributed by atoms with van der Waals surface area (Å²) in [5, 5.41) is 16.2. The molecule has 1 heterocycles. The van der Waals surface area contributed by atoms with Gasteiger partial charge in [-0.25, -0.2) is 4.98 Å². The van der Waals surface area contributed by atoms with Crippen molar-refractivity contribution in [1.29, 1.82) is 0 Å². The third-order valence-corrected chi connectivity index (χ3v) is 5.03. The van der Waals surface area contributed by atoms with E-state index in [4.69, 9.17) is 16.3 Å². The van der Waals surface area contributed by atoms with E-state index in [0.29, 0.717) is 28.7 Å². The van der Waals surface area contributed by atoms with Gasteiger partial charge in [-0.1, -0.05) is 47.1 Å². The number of aromatic nitrogens is 2. The van der Waals surface area contributed by atoms with Crippen molar-refractivity contribution in [2.75, 3.05) is 6.61 Å². The lowest BCUT2D eigenvalue weighted by molar-refractivity contribution is -0.385. The molecule has 0 fully saturated rings. The zero-order valence-corrected chi connectivity index (χ0v) is 18.9. The molecule has 0 spiro atoms. The van der Waals surface area contributed by atoms with E-state index in [1.165, 1.54) is 29.1 Å². The molecule has 0 saturated heterocycles. The minimum Gasteiger partial charge on any atom is -0.482 e. The molecule has 0 atom stereocenters. The van der Waals surface area contributed by atoms with Gasteiger partial charge in [0.25, 0.3) is 5.56 Å². The van der Waals surface area contributed by atoms with Crippen LogP contribution in [0.3, 0.4) is 0 Å². The maximum absolute atomic E-state index is 13.0. The highest BCUT2D eigenvalue weighted by atomic mass is 79.9.